The van der Waals surface area contributed by atoms with Gasteiger partial charge in [-0.15, -0.1) is 11.6 Å². The van der Waals surface area contributed by atoms with Gasteiger partial charge in [-0.1, -0.05) is 12.1 Å². The molecule has 0 aliphatic rings. The molecule has 1 aromatic carbocycles. The first-order valence-electron chi connectivity index (χ1n) is 5.86. The van der Waals surface area contributed by atoms with E-state index in [1.807, 2.05) is 0 Å². The smallest absolute Gasteiger partial charge is 0.341 e. The molecule has 0 aromatic heterocycles. The van der Waals surface area contributed by atoms with Crippen molar-refractivity contribution in [3.05, 3.63) is 24.3 Å². The first-order valence-corrected chi connectivity index (χ1v) is 7.94. The first kappa shape index (κ1) is 17.1. The lowest BCUT2D eigenvalue weighted by atomic mass is 10.2. The molecule has 0 aliphatic heterocycles. The zero-order valence-electron chi connectivity index (χ0n) is 10.9. The minimum Gasteiger partial charge on any atom is -0.383 e. The van der Waals surface area contributed by atoms with E-state index in [2.05, 4.69) is 5.32 Å². The molecule has 1 N–H and O–H groups in total. The highest BCUT2D eigenvalue weighted by atomic mass is 35.5. The Morgan fingerprint density at radius 2 is 2.00 bits per heavy atom. The van der Waals surface area contributed by atoms with Gasteiger partial charge in [0.1, 0.15) is 0 Å². The van der Waals surface area contributed by atoms with Crippen LogP contribution in [0.3, 0.4) is 0 Å². The summed E-state index contributed by atoms with van der Waals surface area (Å²) in [7, 11) is -3.16. The van der Waals surface area contributed by atoms with E-state index in [-0.39, 0.29) is 18.3 Å². The van der Waals surface area contributed by atoms with Crippen molar-refractivity contribution in [3.63, 3.8) is 0 Å². The van der Waals surface area contributed by atoms with Crippen LogP contribution in [0.4, 0.5) is 14.5 Å². The van der Waals surface area contributed by atoms with Crippen LogP contribution in [0.5, 0.6) is 0 Å². The van der Waals surface area contributed by atoms with Gasteiger partial charge in [-0.05, 0) is 18.6 Å². The molecular weight excluding hydrogens is 312 g/mol. The fraction of sp³-hybridized carbons (Fsp3) is 0.500. The minimum atomic E-state index is -4.65. The van der Waals surface area contributed by atoms with E-state index in [1.165, 1.54) is 19.2 Å². The maximum absolute atomic E-state index is 12.7. The molecular formula is C12H16ClF2NO3S. The van der Waals surface area contributed by atoms with Crippen LogP contribution in [-0.4, -0.2) is 39.8 Å². The van der Waals surface area contributed by atoms with Crippen LogP contribution in [0.25, 0.3) is 0 Å². The van der Waals surface area contributed by atoms with Gasteiger partial charge in [0.2, 0.25) is 9.84 Å². The second kappa shape index (κ2) is 7.75. The van der Waals surface area contributed by atoms with Crippen molar-refractivity contribution in [2.75, 3.05) is 24.9 Å². The number of rotatable bonds is 8. The third kappa shape index (κ3) is 4.29. The van der Waals surface area contributed by atoms with Gasteiger partial charge in [0.05, 0.1) is 23.2 Å². The van der Waals surface area contributed by atoms with Crippen molar-refractivity contribution in [1.82, 2.24) is 0 Å². The highest BCUT2D eigenvalue weighted by Gasteiger charge is 2.29. The van der Waals surface area contributed by atoms with E-state index >= 15 is 0 Å². The van der Waals surface area contributed by atoms with Gasteiger partial charge in [-0.25, -0.2) is 8.42 Å². The SMILES string of the molecule is COCC(CCCl)Nc1ccccc1S(=O)(=O)C(F)F. The Bertz CT molecular complexity index is 519. The standard InChI is InChI=1S/C12H16ClF2NO3S/c1-19-8-9(6-7-13)16-10-4-2-3-5-11(10)20(17,18)12(14)15/h2-5,9,12,16H,6-8H2,1H3. The number of hydrogen-bond acceptors (Lipinski definition) is 4. The van der Waals surface area contributed by atoms with Crippen LogP contribution in [0.15, 0.2) is 29.2 Å². The fourth-order valence-corrected chi connectivity index (χ4v) is 2.84. The predicted octanol–water partition coefficient (Wildman–Crippen LogP) is 2.74. The Hall–Kier alpha value is -0.920. The van der Waals surface area contributed by atoms with Crippen LogP contribution in [0.2, 0.25) is 0 Å². The molecule has 0 aliphatic carbocycles. The summed E-state index contributed by atoms with van der Waals surface area (Å²) in [6.07, 6.45) is 0.512. The number of methoxy groups -OCH3 is 1. The van der Waals surface area contributed by atoms with E-state index in [1.54, 1.807) is 6.07 Å². The highest BCUT2D eigenvalue weighted by molar-refractivity contribution is 7.91. The molecule has 0 fully saturated rings. The summed E-state index contributed by atoms with van der Waals surface area (Å²) in [6, 6.07) is 5.29. The highest BCUT2D eigenvalue weighted by Crippen LogP contribution is 2.26. The largest absolute Gasteiger partial charge is 0.383 e. The van der Waals surface area contributed by atoms with Crippen LogP contribution in [-0.2, 0) is 14.6 Å². The topological polar surface area (TPSA) is 55.4 Å². The molecule has 1 rings (SSSR count). The maximum Gasteiger partial charge on any atom is 0.341 e. The van der Waals surface area contributed by atoms with Gasteiger partial charge in [-0.3, -0.25) is 0 Å². The summed E-state index contributed by atoms with van der Waals surface area (Å²) in [5, 5.41) is 2.89. The lowest BCUT2D eigenvalue weighted by Gasteiger charge is -2.20. The van der Waals surface area contributed by atoms with Gasteiger partial charge in [0, 0.05) is 13.0 Å². The second-order valence-corrected chi connectivity index (χ2v) is 6.34. The van der Waals surface area contributed by atoms with E-state index in [9.17, 15) is 17.2 Å². The molecule has 4 nitrogen and oxygen atoms in total. The average molecular weight is 328 g/mol. The Morgan fingerprint density at radius 3 is 2.55 bits per heavy atom. The number of para-hydroxylation sites is 1. The normalized spacial score (nSPS) is 13.4. The zero-order valence-corrected chi connectivity index (χ0v) is 12.4. The Morgan fingerprint density at radius 1 is 1.35 bits per heavy atom. The molecule has 1 unspecified atom stereocenters. The molecule has 0 saturated heterocycles. The van der Waals surface area contributed by atoms with Crippen LogP contribution < -0.4 is 5.32 Å². The van der Waals surface area contributed by atoms with E-state index < -0.39 is 20.5 Å². The quantitative estimate of drug-likeness (QED) is 0.746. The maximum atomic E-state index is 12.7. The van der Waals surface area contributed by atoms with Crippen molar-refractivity contribution in [3.8, 4) is 0 Å². The number of nitrogens with one attached hydrogen (secondary N) is 1. The lowest BCUT2D eigenvalue weighted by Crippen LogP contribution is -2.27. The summed E-state index contributed by atoms with van der Waals surface area (Å²) in [5.41, 5.74) is 0.125. The number of hydrogen-bond donors (Lipinski definition) is 1. The molecule has 0 heterocycles. The van der Waals surface area contributed by atoms with E-state index in [4.69, 9.17) is 16.3 Å². The van der Waals surface area contributed by atoms with Crippen molar-refractivity contribution in [2.24, 2.45) is 0 Å². The number of sulfone groups is 1. The van der Waals surface area contributed by atoms with Crippen molar-refractivity contribution < 1.29 is 21.9 Å². The van der Waals surface area contributed by atoms with Gasteiger partial charge < -0.3 is 10.1 Å². The molecule has 114 valence electrons. The van der Waals surface area contributed by atoms with E-state index in [0.29, 0.717) is 12.3 Å². The molecule has 0 radical (unpaired) electrons. The molecule has 1 atom stereocenters. The summed E-state index contributed by atoms with van der Waals surface area (Å²) in [4.78, 5) is -0.425. The van der Waals surface area contributed by atoms with Gasteiger partial charge >= 0.3 is 5.76 Å². The van der Waals surface area contributed by atoms with Gasteiger partial charge in [0.25, 0.3) is 0 Å². The molecule has 0 spiro atoms. The lowest BCUT2D eigenvalue weighted by molar-refractivity contribution is 0.184. The van der Waals surface area contributed by atoms with Crippen LogP contribution in [0.1, 0.15) is 6.42 Å². The number of benzene rings is 1. The Balaban J connectivity index is 3.07. The predicted molar refractivity (Wildman–Crippen MR) is 74.3 cm³/mol. The van der Waals surface area contributed by atoms with Crippen LogP contribution in [0, 0.1) is 0 Å². The van der Waals surface area contributed by atoms with Gasteiger partial charge in [0.15, 0.2) is 0 Å². The summed E-state index contributed by atoms with van der Waals surface area (Å²) in [5.74, 6) is -3.12. The minimum absolute atomic E-state index is 0.125. The molecule has 0 amide bonds. The Labute approximate surface area is 122 Å². The monoisotopic (exact) mass is 327 g/mol. The fourth-order valence-electron chi connectivity index (χ4n) is 1.68. The summed E-state index contributed by atoms with van der Waals surface area (Å²) >= 11 is 5.64. The molecule has 0 saturated carbocycles. The van der Waals surface area contributed by atoms with Crippen molar-refractivity contribution >= 4 is 27.1 Å². The second-order valence-electron chi connectivity index (χ2n) is 4.08. The summed E-state index contributed by atoms with van der Waals surface area (Å²) < 4.78 is 53.5. The molecule has 0 bridgehead atoms. The van der Waals surface area contributed by atoms with Crippen molar-refractivity contribution in [1.29, 1.82) is 0 Å². The van der Waals surface area contributed by atoms with Crippen molar-refractivity contribution in [2.45, 2.75) is 23.1 Å². The van der Waals surface area contributed by atoms with E-state index in [0.717, 1.165) is 6.07 Å². The average Bonchev–Trinajstić information content (AvgIpc) is 2.39. The number of alkyl halides is 3. The third-order valence-corrected chi connectivity index (χ3v) is 4.27. The summed E-state index contributed by atoms with van der Waals surface area (Å²) in [6.45, 7) is 0.287. The molecule has 20 heavy (non-hydrogen) atoms. The van der Waals surface area contributed by atoms with Gasteiger partial charge in [-0.2, -0.15) is 8.78 Å². The molecule has 1 aromatic rings. The molecule has 8 heteroatoms. The number of halogens is 3. The third-order valence-electron chi connectivity index (χ3n) is 2.61. The first-order chi connectivity index (χ1) is 9.43. The number of anilines is 1. The number of ether oxygens (including phenoxy) is 1. The zero-order chi connectivity index (χ0) is 15.2. The van der Waals surface area contributed by atoms with Crippen LogP contribution >= 0.6 is 11.6 Å². The Kier molecular flexibility index (Phi) is 6.64.